The number of hydrogen-bond donors (Lipinski definition) is 1. The highest BCUT2D eigenvalue weighted by Gasteiger charge is 2.07. The third-order valence-corrected chi connectivity index (χ3v) is 2.67. The van der Waals surface area contributed by atoms with E-state index < -0.39 is 0 Å². The van der Waals surface area contributed by atoms with Gasteiger partial charge >= 0.3 is 0 Å². The van der Waals surface area contributed by atoms with E-state index >= 15 is 0 Å². The second-order valence-corrected chi connectivity index (χ2v) is 4.02. The van der Waals surface area contributed by atoms with Crippen LogP contribution in [0.5, 0.6) is 0 Å². The van der Waals surface area contributed by atoms with Gasteiger partial charge in [-0.3, -0.25) is 9.78 Å². The highest BCUT2D eigenvalue weighted by molar-refractivity contribution is 5.98. The standard InChI is InChI=1S/C14H15N3O2/c1-3-11-6-7-12(15-9-11)14(18)17-16-10(2)13-5-4-8-19-13/h4-9H,3H2,1-2H3,(H,17,18). The molecular weight excluding hydrogens is 242 g/mol. The quantitative estimate of drug-likeness (QED) is 0.675. The van der Waals surface area contributed by atoms with Gasteiger partial charge in [0.1, 0.15) is 17.2 Å². The van der Waals surface area contributed by atoms with Crippen molar-refractivity contribution in [3.63, 3.8) is 0 Å². The molecule has 2 aromatic rings. The number of aromatic nitrogens is 1. The van der Waals surface area contributed by atoms with Gasteiger partial charge in [0.15, 0.2) is 0 Å². The molecule has 19 heavy (non-hydrogen) atoms. The molecule has 0 fully saturated rings. The first-order chi connectivity index (χ1) is 9.20. The van der Waals surface area contributed by atoms with E-state index in [0.717, 1.165) is 12.0 Å². The van der Waals surface area contributed by atoms with Crippen LogP contribution in [0.1, 0.15) is 35.7 Å². The number of hydrogen-bond acceptors (Lipinski definition) is 4. The van der Waals surface area contributed by atoms with Crippen LogP contribution in [0.2, 0.25) is 0 Å². The van der Waals surface area contributed by atoms with Gasteiger partial charge in [-0.1, -0.05) is 13.0 Å². The predicted octanol–water partition coefficient (Wildman–Crippen LogP) is 2.39. The lowest BCUT2D eigenvalue weighted by Crippen LogP contribution is -2.20. The first-order valence-electron chi connectivity index (χ1n) is 6.04. The lowest BCUT2D eigenvalue weighted by molar-refractivity contribution is 0.0950. The van der Waals surface area contributed by atoms with Gasteiger partial charge in [-0.15, -0.1) is 0 Å². The van der Waals surface area contributed by atoms with E-state index in [1.54, 1.807) is 37.6 Å². The summed E-state index contributed by atoms with van der Waals surface area (Å²) in [5, 5.41) is 3.97. The Morgan fingerprint density at radius 2 is 2.26 bits per heavy atom. The van der Waals surface area contributed by atoms with Gasteiger partial charge in [-0.05, 0) is 37.1 Å². The molecule has 2 aromatic heterocycles. The summed E-state index contributed by atoms with van der Waals surface area (Å²) in [5.74, 6) is 0.281. The Labute approximate surface area is 111 Å². The Hall–Kier alpha value is -2.43. The normalized spacial score (nSPS) is 11.4. The second kappa shape index (κ2) is 5.95. The number of carbonyl (C=O) groups is 1. The Morgan fingerprint density at radius 1 is 1.42 bits per heavy atom. The maximum Gasteiger partial charge on any atom is 0.289 e. The molecule has 0 atom stereocenters. The van der Waals surface area contributed by atoms with Crippen LogP contribution in [0, 0.1) is 0 Å². The first-order valence-corrected chi connectivity index (χ1v) is 6.04. The zero-order valence-electron chi connectivity index (χ0n) is 10.9. The highest BCUT2D eigenvalue weighted by atomic mass is 16.3. The molecule has 1 N–H and O–H groups in total. The number of hydrazone groups is 1. The summed E-state index contributed by atoms with van der Waals surface area (Å²) < 4.78 is 5.17. The molecule has 5 heteroatoms. The van der Waals surface area contributed by atoms with E-state index in [4.69, 9.17) is 4.42 Å². The van der Waals surface area contributed by atoms with Gasteiger partial charge in [0.05, 0.1) is 6.26 Å². The lowest BCUT2D eigenvalue weighted by atomic mass is 10.2. The zero-order chi connectivity index (χ0) is 13.7. The van der Waals surface area contributed by atoms with Crippen molar-refractivity contribution >= 4 is 11.6 Å². The maximum atomic E-state index is 11.8. The summed E-state index contributed by atoms with van der Waals surface area (Å²) in [6.07, 6.45) is 4.14. The summed E-state index contributed by atoms with van der Waals surface area (Å²) in [5.41, 5.74) is 4.48. The van der Waals surface area contributed by atoms with Crippen molar-refractivity contribution in [3.8, 4) is 0 Å². The number of carbonyl (C=O) groups excluding carboxylic acids is 1. The molecule has 0 aliphatic rings. The van der Waals surface area contributed by atoms with E-state index in [1.165, 1.54) is 0 Å². The summed E-state index contributed by atoms with van der Waals surface area (Å²) in [6, 6.07) is 7.11. The Kier molecular flexibility index (Phi) is 4.07. The number of pyridine rings is 1. The van der Waals surface area contributed by atoms with Gasteiger partial charge in [0.2, 0.25) is 0 Å². The van der Waals surface area contributed by atoms with E-state index in [9.17, 15) is 4.79 Å². The summed E-state index contributed by atoms with van der Waals surface area (Å²) in [4.78, 5) is 15.9. The summed E-state index contributed by atoms with van der Waals surface area (Å²) in [6.45, 7) is 3.79. The largest absolute Gasteiger partial charge is 0.463 e. The fourth-order valence-corrected chi connectivity index (χ4v) is 1.50. The summed E-state index contributed by atoms with van der Waals surface area (Å²) >= 11 is 0. The van der Waals surface area contributed by atoms with Crippen LogP contribution in [0.25, 0.3) is 0 Å². The molecular formula is C14H15N3O2. The molecule has 2 heterocycles. The van der Waals surface area contributed by atoms with Crippen molar-refractivity contribution in [1.82, 2.24) is 10.4 Å². The third kappa shape index (κ3) is 3.28. The van der Waals surface area contributed by atoms with Crippen LogP contribution in [-0.2, 0) is 6.42 Å². The minimum Gasteiger partial charge on any atom is -0.463 e. The van der Waals surface area contributed by atoms with E-state index in [1.807, 2.05) is 13.0 Å². The lowest BCUT2D eigenvalue weighted by Gasteiger charge is -2.01. The molecule has 0 aromatic carbocycles. The monoisotopic (exact) mass is 257 g/mol. The van der Waals surface area contributed by atoms with Crippen molar-refractivity contribution in [3.05, 3.63) is 53.7 Å². The van der Waals surface area contributed by atoms with Crippen molar-refractivity contribution in [2.75, 3.05) is 0 Å². The highest BCUT2D eigenvalue weighted by Crippen LogP contribution is 2.03. The number of amides is 1. The SMILES string of the molecule is CCc1ccc(C(=O)NN=C(C)c2ccco2)nc1. The molecule has 0 saturated carbocycles. The van der Waals surface area contributed by atoms with Gasteiger partial charge in [0, 0.05) is 6.20 Å². The molecule has 0 spiro atoms. The van der Waals surface area contributed by atoms with Gasteiger partial charge in [-0.25, -0.2) is 5.43 Å². The maximum absolute atomic E-state index is 11.8. The number of furan rings is 1. The molecule has 2 rings (SSSR count). The van der Waals surface area contributed by atoms with Crippen LogP contribution in [0.15, 0.2) is 46.2 Å². The molecule has 98 valence electrons. The van der Waals surface area contributed by atoms with Gasteiger partial charge in [0.25, 0.3) is 5.91 Å². The van der Waals surface area contributed by atoms with Gasteiger partial charge in [-0.2, -0.15) is 5.10 Å². The minimum absolute atomic E-state index is 0.339. The van der Waals surface area contributed by atoms with Crippen molar-refractivity contribution in [2.45, 2.75) is 20.3 Å². The van der Waals surface area contributed by atoms with Crippen LogP contribution in [0.3, 0.4) is 0 Å². The second-order valence-electron chi connectivity index (χ2n) is 4.02. The van der Waals surface area contributed by atoms with Crippen LogP contribution < -0.4 is 5.43 Å². The molecule has 0 radical (unpaired) electrons. The molecule has 0 unspecified atom stereocenters. The van der Waals surface area contributed by atoms with Crippen molar-refractivity contribution in [2.24, 2.45) is 5.10 Å². The van der Waals surface area contributed by atoms with E-state index in [-0.39, 0.29) is 5.91 Å². The molecule has 1 amide bonds. The number of aryl methyl sites for hydroxylation is 1. The van der Waals surface area contributed by atoms with E-state index in [0.29, 0.717) is 17.2 Å². The Morgan fingerprint density at radius 3 is 2.84 bits per heavy atom. The topological polar surface area (TPSA) is 67.5 Å². The van der Waals surface area contributed by atoms with E-state index in [2.05, 4.69) is 15.5 Å². The molecule has 0 bridgehead atoms. The number of nitrogens with zero attached hydrogens (tertiary/aromatic N) is 2. The smallest absolute Gasteiger partial charge is 0.289 e. The molecule has 0 aliphatic heterocycles. The Balaban J connectivity index is 2.02. The van der Waals surface area contributed by atoms with Crippen LogP contribution in [-0.4, -0.2) is 16.6 Å². The first kappa shape index (κ1) is 13.0. The predicted molar refractivity (Wildman–Crippen MR) is 72.0 cm³/mol. The number of nitrogens with one attached hydrogen (secondary N) is 1. The van der Waals surface area contributed by atoms with Gasteiger partial charge < -0.3 is 4.42 Å². The average molecular weight is 257 g/mol. The zero-order valence-corrected chi connectivity index (χ0v) is 10.9. The van der Waals surface area contributed by atoms with Crippen molar-refractivity contribution in [1.29, 1.82) is 0 Å². The third-order valence-electron chi connectivity index (χ3n) is 2.67. The molecule has 0 aliphatic carbocycles. The fourth-order valence-electron chi connectivity index (χ4n) is 1.50. The van der Waals surface area contributed by atoms with Crippen molar-refractivity contribution < 1.29 is 9.21 Å². The minimum atomic E-state index is -0.339. The number of rotatable bonds is 4. The fraction of sp³-hybridized carbons (Fsp3) is 0.214. The average Bonchev–Trinajstić information content (AvgIpc) is 2.98. The summed E-state index contributed by atoms with van der Waals surface area (Å²) in [7, 11) is 0. The van der Waals surface area contributed by atoms with Crippen LogP contribution >= 0.6 is 0 Å². The molecule has 5 nitrogen and oxygen atoms in total. The molecule has 0 saturated heterocycles. The Bertz CT molecular complexity index is 571. The van der Waals surface area contributed by atoms with Crippen LogP contribution in [0.4, 0.5) is 0 Å².